The lowest BCUT2D eigenvalue weighted by atomic mass is 10.0. The predicted octanol–water partition coefficient (Wildman–Crippen LogP) is 4.25. The third kappa shape index (κ3) is 2.99. The highest BCUT2D eigenvalue weighted by molar-refractivity contribution is 7.15. The molecule has 20 heavy (non-hydrogen) atoms. The van der Waals surface area contributed by atoms with Crippen LogP contribution in [-0.4, -0.2) is 12.0 Å². The van der Waals surface area contributed by atoms with E-state index in [2.05, 4.69) is 10.3 Å². The van der Waals surface area contributed by atoms with Crippen LogP contribution in [0.1, 0.15) is 23.5 Å². The Morgan fingerprint density at radius 3 is 2.55 bits per heavy atom. The summed E-state index contributed by atoms with van der Waals surface area (Å²) in [4.78, 5) is 3.67. The van der Waals surface area contributed by atoms with Crippen LogP contribution < -0.4 is 5.32 Å². The number of halogens is 4. The fourth-order valence-corrected chi connectivity index (χ4v) is 2.63. The summed E-state index contributed by atoms with van der Waals surface area (Å²) in [5, 5.41) is 2.06. The van der Waals surface area contributed by atoms with Crippen molar-refractivity contribution >= 4 is 11.3 Å². The molecule has 0 radical (unpaired) electrons. The van der Waals surface area contributed by atoms with Crippen LogP contribution in [0.25, 0.3) is 10.4 Å². The second-order valence-corrected chi connectivity index (χ2v) is 5.30. The molecule has 1 aromatic heterocycles. The average Bonchev–Trinajstić information content (AvgIpc) is 2.87. The summed E-state index contributed by atoms with van der Waals surface area (Å²) in [5.74, 6) is -0.492. The summed E-state index contributed by atoms with van der Waals surface area (Å²) in [6.45, 7) is 1.85. The number of benzene rings is 1. The third-order valence-electron chi connectivity index (χ3n) is 2.93. The highest BCUT2D eigenvalue weighted by Gasteiger charge is 2.34. The van der Waals surface area contributed by atoms with Gasteiger partial charge in [-0.1, -0.05) is 6.07 Å². The van der Waals surface area contributed by atoms with Crippen molar-refractivity contribution in [3.8, 4) is 10.4 Å². The summed E-state index contributed by atoms with van der Waals surface area (Å²) >= 11 is 0.513. The van der Waals surface area contributed by atoms with Gasteiger partial charge in [-0.3, -0.25) is 0 Å². The molecule has 1 atom stereocenters. The molecule has 0 saturated carbocycles. The van der Waals surface area contributed by atoms with Gasteiger partial charge in [-0.25, -0.2) is 9.37 Å². The van der Waals surface area contributed by atoms with Gasteiger partial charge in [0, 0.05) is 17.8 Å². The molecule has 0 fully saturated rings. The van der Waals surface area contributed by atoms with Crippen LogP contribution in [-0.2, 0) is 6.18 Å². The number of aromatic nitrogens is 1. The molecule has 2 rings (SSSR count). The SMILES string of the molecule is CNC(C)c1ccc(F)cc1-c1cnc(C(F)(F)F)s1. The van der Waals surface area contributed by atoms with Crippen molar-refractivity contribution in [2.45, 2.75) is 19.1 Å². The van der Waals surface area contributed by atoms with E-state index in [1.165, 1.54) is 12.1 Å². The first-order valence-electron chi connectivity index (χ1n) is 5.83. The molecular weight excluding hydrogens is 292 g/mol. The minimum absolute atomic E-state index is 0.109. The fourth-order valence-electron chi connectivity index (χ4n) is 1.80. The predicted molar refractivity (Wildman–Crippen MR) is 70.0 cm³/mol. The first-order chi connectivity index (χ1) is 9.32. The molecular formula is C13H12F4N2S. The minimum atomic E-state index is -4.48. The maximum absolute atomic E-state index is 13.4. The van der Waals surface area contributed by atoms with Gasteiger partial charge < -0.3 is 5.32 Å². The van der Waals surface area contributed by atoms with Crippen molar-refractivity contribution in [1.82, 2.24) is 10.3 Å². The summed E-state index contributed by atoms with van der Waals surface area (Å²) in [6.07, 6.45) is -3.35. The van der Waals surface area contributed by atoms with Crippen LogP contribution >= 0.6 is 11.3 Å². The van der Waals surface area contributed by atoms with Crippen LogP contribution in [0, 0.1) is 5.82 Å². The molecule has 0 aliphatic rings. The second kappa shape index (κ2) is 5.49. The molecule has 1 unspecified atom stereocenters. The van der Waals surface area contributed by atoms with E-state index >= 15 is 0 Å². The Balaban J connectivity index is 2.51. The average molecular weight is 304 g/mol. The number of nitrogens with zero attached hydrogens (tertiary/aromatic N) is 1. The molecule has 2 aromatic rings. The van der Waals surface area contributed by atoms with Gasteiger partial charge in [0.15, 0.2) is 5.01 Å². The lowest BCUT2D eigenvalue weighted by Crippen LogP contribution is -2.13. The molecule has 0 spiro atoms. The Kier molecular flexibility index (Phi) is 4.10. The molecule has 1 aromatic carbocycles. The number of hydrogen-bond acceptors (Lipinski definition) is 3. The summed E-state index contributed by atoms with van der Waals surface area (Å²) in [7, 11) is 1.73. The van der Waals surface area contributed by atoms with Crippen molar-refractivity contribution < 1.29 is 17.6 Å². The van der Waals surface area contributed by atoms with Crippen molar-refractivity contribution in [2.24, 2.45) is 0 Å². The van der Waals surface area contributed by atoms with Crippen LogP contribution in [0.3, 0.4) is 0 Å². The van der Waals surface area contributed by atoms with E-state index in [1.54, 1.807) is 13.1 Å². The van der Waals surface area contributed by atoms with Crippen molar-refractivity contribution in [2.75, 3.05) is 7.05 Å². The lowest BCUT2D eigenvalue weighted by molar-refractivity contribution is -0.137. The molecule has 1 heterocycles. The van der Waals surface area contributed by atoms with E-state index in [0.717, 1.165) is 11.8 Å². The number of alkyl halides is 3. The Bertz CT molecular complexity index is 607. The summed E-state index contributed by atoms with van der Waals surface area (Å²) < 4.78 is 51.1. The zero-order valence-corrected chi connectivity index (χ0v) is 11.6. The van der Waals surface area contributed by atoms with Gasteiger partial charge in [-0.15, -0.1) is 11.3 Å². The number of hydrogen-bond donors (Lipinski definition) is 1. The van der Waals surface area contributed by atoms with Crippen molar-refractivity contribution in [3.63, 3.8) is 0 Å². The number of thiazole rings is 1. The molecule has 0 aliphatic carbocycles. The summed E-state index contributed by atoms with van der Waals surface area (Å²) in [5.41, 5.74) is 1.16. The molecule has 0 bridgehead atoms. The van der Waals surface area contributed by atoms with E-state index in [4.69, 9.17) is 0 Å². The van der Waals surface area contributed by atoms with Gasteiger partial charge in [-0.05, 0) is 31.7 Å². The summed E-state index contributed by atoms with van der Waals surface area (Å²) in [6, 6.07) is 3.98. The second-order valence-electron chi connectivity index (χ2n) is 4.27. The maximum Gasteiger partial charge on any atom is 0.443 e. The van der Waals surface area contributed by atoms with E-state index in [9.17, 15) is 17.6 Å². The molecule has 0 aliphatic heterocycles. The van der Waals surface area contributed by atoms with Crippen LogP contribution in [0.5, 0.6) is 0 Å². The topological polar surface area (TPSA) is 24.9 Å². The Morgan fingerprint density at radius 1 is 1.30 bits per heavy atom. The Labute approximate surface area is 117 Å². The normalized spacial score (nSPS) is 13.5. The number of rotatable bonds is 3. The zero-order valence-electron chi connectivity index (χ0n) is 10.8. The van der Waals surface area contributed by atoms with Crippen LogP contribution in [0.4, 0.5) is 17.6 Å². The Morgan fingerprint density at radius 2 is 2.00 bits per heavy atom. The molecule has 1 N–H and O–H groups in total. The number of nitrogens with one attached hydrogen (secondary N) is 1. The zero-order chi connectivity index (χ0) is 14.9. The molecule has 7 heteroatoms. The first kappa shape index (κ1) is 14.9. The van der Waals surface area contributed by atoms with Gasteiger partial charge in [0.1, 0.15) is 5.82 Å². The van der Waals surface area contributed by atoms with E-state index < -0.39 is 17.0 Å². The van der Waals surface area contributed by atoms with Crippen molar-refractivity contribution in [3.05, 3.63) is 40.8 Å². The van der Waals surface area contributed by atoms with Gasteiger partial charge in [0.05, 0.1) is 4.88 Å². The largest absolute Gasteiger partial charge is 0.443 e. The molecule has 108 valence electrons. The van der Waals surface area contributed by atoms with Gasteiger partial charge >= 0.3 is 6.18 Å². The highest BCUT2D eigenvalue weighted by atomic mass is 32.1. The maximum atomic E-state index is 13.4. The third-order valence-corrected chi connectivity index (χ3v) is 4.00. The Hall–Kier alpha value is -1.47. The smallest absolute Gasteiger partial charge is 0.313 e. The molecule has 2 nitrogen and oxygen atoms in total. The lowest BCUT2D eigenvalue weighted by Gasteiger charge is -2.14. The van der Waals surface area contributed by atoms with E-state index in [1.807, 2.05) is 6.92 Å². The monoisotopic (exact) mass is 304 g/mol. The quantitative estimate of drug-likeness (QED) is 0.858. The van der Waals surface area contributed by atoms with E-state index in [-0.39, 0.29) is 6.04 Å². The van der Waals surface area contributed by atoms with E-state index in [0.29, 0.717) is 21.8 Å². The van der Waals surface area contributed by atoms with Crippen molar-refractivity contribution in [1.29, 1.82) is 0 Å². The first-order valence-corrected chi connectivity index (χ1v) is 6.64. The molecule has 0 saturated heterocycles. The van der Waals surface area contributed by atoms with Gasteiger partial charge in [-0.2, -0.15) is 13.2 Å². The minimum Gasteiger partial charge on any atom is -0.313 e. The van der Waals surface area contributed by atoms with Crippen LogP contribution in [0.2, 0.25) is 0 Å². The fraction of sp³-hybridized carbons (Fsp3) is 0.308. The van der Waals surface area contributed by atoms with Crippen LogP contribution in [0.15, 0.2) is 24.4 Å². The highest BCUT2D eigenvalue weighted by Crippen LogP contribution is 2.38. The standard InChI is InChI=1S/C13H12F4N2S/c1-7(18-2)9-4-3-8(14)5-10(9)11-6-19-12(20-11)13(15,16)17/h3-7,18H,1-2H3. The molecule has 0 amide bonds. The van der Waals surface area contributed by atoms with Gasteiger partial charge in [0.2, 0.25) is 0 Å². The van der Waals surface area contributed by atoms with Gasteiger partial charge in [0.25, 0.3) is 0 Å².